The van der Waals surface area contributed by atoms with Crippen molar-refractivity contribution < 1.29 is 66.7 Å². The molecule has 14 nitrogen and oxygen atoms in total. The minimum atomic E-state index is -4.88. The molecule has 0 spiro atoms. The number of phosphoric acid groups is 2. The summed E-state index contributed by atoms with van der Waals surface area (Å²) >= 11 is 0. The minimum absolute atomic E-state index is 0.0697. The van der Waals surface area contributed by atoms with Crippen molar-refractivity contribution in [1.29, 1.82) is 0 Å². The van der Waals surface area contributed by atoms with Gasteiger partial charge >= 0.3 is 27.6 Å². The van der Waals surface area contributed by atoms with Crippen molar-refractivity contribution in [1.82, 2.24) is 0 Å². The molecule has 0 rings (SSSR count). The molecule has 0 aromatic heterocycles. The van der Waals surface area contributed by atoms with E-state index in [2.05, 4.69) is 101 Å². The molecule has 0 aromatic carbocycles. The number of hydrogen-bond donors (Lipinski definition) is 5. The number of rotatable bonds is 42. The molecule has 0 saturated carbocycles. The van der Waals surface area contributed by atoms with Crippen LogP contribution in [0.5, 0.6) is 0 Å². The van der Waals surface area contributed by atoms with Crippen molar-refractivity contribution in [2.45, 2.75) is 167 Å². The lowest BCUT2D eigenvalue weighted by molar-refractivity contribution is -0.161. The van der Waals surface area contributed by atoms with Gasteiger partial charge in [-0.3, -0.25) is 23.2 Å². The van der Waals surface area contributed by atoms with E-state index >= 15 is 0 Å². The van der Waals surface area contributed by atoms with E-state index in [-0.39, 0.29) is 18.9 Å². The Kier molecular flexibility index (Phi) is 40.6. The lowest BCUT2D eigenvalue weighted by Crippen LogP contribution is -2.30. The largest absolute Gasteiger partial charge is 0.472 e. The number of hydrogen-bond acceptors (Lipinski definition) is 11. The van der Waals surface area contributed by atoms with Gasteiger partial charge in [0.2, 0.25) is 0 Å². The Labute approximate surface area is 383 Å². The van der Waals surface area contributed by atoms with Gasteiger partial charge in [0.25, 0.3) is 0 Å². The van der Waals surface area contributed by atoms with Crippen molar-refractivity contribution in [3.63, 3.8) is 0 Å². The number of aliphatic hydroxyl groups excluding tert-OH is 2. The molecule has 366 valence electrons. The number of phosphoric ester groups is 2. The molecule has 0 aliphatic rings. The zero-order valence-corrected chi connectivity index (χ0v) is 40.2. The molecule has 1 unspecified atom stereocenters. The third-order valence-corrected chi connectivity index (χ3v) is 10.5. The number of unbranched alkanes of at least 4 members (excludes halogenated alkanes) is 7. The van der Waals surface area contributed by atoms with E-state index in [0.29, 0.717) is 19.3 Å². The van der Waals surface area contributed by atoms with Crippen LogP contribution in [-0.2, 0) is 41.8 Å². The van der Waals surface area contributed by atoms with E-state index in [1.807, 2.05) is 19.1 Å². The van der Waals surface area contributed by atoms with E-state index < -0.39 is 66.2 Å². The minimum Gasteiger partial charge on any atom is -0.462 e. The maximum Gasteiger partial charge on any atom is 0.472 e. The van der Waals surface area contributed by atoms with Crippen molar-refractivity contribution in [3.8, 4) is 0 Å². The molecule has 4 atom stereocenters. The summed E-state index contributed by atoms with van der Waals surface area (Å²) in [7, 11) is -9.73. The van der Waals surface area contributed by atoms with E-state index in [1.165, 1.54) is 19.3 Å². The first-order valence-corrected chi connectivity index (χ1v) is 26.0. The lowest BCUT2D eigenvalue weighted by atomic mass is 10.1. The van der Waals surface area contributed by atoms with Crippen LogP contribution in [0.15, 0.2) is 97.2 Å². The van der Waals surface area contributed by atoms with Crippen LogP contribution in [0.4, 0.5) is 0 Å². The Hall–Kier alpha value is -3.00. The molecule has 64 heavy (non-hydrogen) atoms. The topological polar surface area (TPSA) is 216 Å². The summed E-state index contributed by atoms with van der Waals surface area (Å²) in [6.07, 6.45) is 47.7. The average molecular weight is 943 g/mol. The van der Waals surface area contributed by atoms with E-state index in [9.17, 15) is 33.8 Å². The molecule has 0 fully saturated rings. The van der Waals surface area contributed by atoms with Gasteiger partial charge in [-0.1, -0.05) is 130 Å². The SMILES string of the molecule is CCCCC/C=C\C/C=C\C/C=C\C/C=C\CCCCCC(=O)O[C@H](COC(=O)CCC/C=C\C/C=C\C/C=C\C/C=C\CC[C@@H](O)CC)COP(=O)(O)OC[C@@H](O)COP(=O)(O)O. The first-order chi connectivity index (χ1) is 30.8. The first kappa shape index (κ1) is 61.0. The molecule has 0 saturated heterocycles. The Morgan fingerprint density at radius 3 is 1.42 bits per heavy atom. The van der Waals surface area contributed by atoms with Crippen LogP contribution in [0, 0.1) is 0 Å². The fourth-order valence-corrected chi connectivity index (χ4v) is 6.58. The number of carbonyl (C=O) groups excluding carboxylic acids is 2. The van der Waals surface area contributed by atoms with Gasteiger partial charge in [-0.2, -0.15) is 0 Å². The van der Waals surface area contributed by atoms with Crippen LogP contribution in [0.2, 0.25) is 0 Å². The quantitative estimate of drug-likeness (QED) is 0.0167. The number of carbonyl (C=O) groups is 2. The predicted octanol–water partition coefficient (Wildman–Crippen LogP) is 11.1. The van der Waals surface area contributed by atoms with Gasteiger partial charge in [0.05, 0.1) is 25.9 Å². The molecule has 0 radical (unpaired) electrons. The summed E-state index contributed by atoms with van der Waals surface area (Å²) in [4.78, 5) is 52.7. The second kappa shape index (κ2) is 42.6. The summed E-state index contributed by atoms with van der Waals surface area (Å²) in [6, 6.07) is 0. The van der Waals surface area contributed by atoms with Crippen molar-refractivity contribution >= 4 is 27.6 Å². The van der Waals surface area contributed by atoms with Gasteiger partial charge in [-0.05, 0) is 103 Å². The average Bonchev–Trinajstić information content (AvgIpc) is 3.26. The highest BCUT2D eigenvalue weighted by atomic mass is 31.2. The highest BCUT2D eigenvalue weighted by molar-refractivity contribution is 7.47. The number of esters is 2. The highest BCUT2D eigenvalue weighted by Crippen LogP contribution is 2.43. The van der Waals surface area contributed by atoms with Crippen molar-refractivity contribution in [2.75, 3.05) is 26.4 Å². The van der Waals surface area contributed by atoms with Crippen LogP contribution in [0.25, 0.3) is 0 Å². The first-order valence-electron chi connectivity index (χ1n) is 23.0. The highest BCUT2D eigenvalue weighted by Gasteiger charge is 2.28. The molecule has 16 heteroatoms. The van der Waals surface area contributed by atoms with Crippen molar-refractivity contribution in [3.05, 3.63) is 97.2 Å². The fourth-order valence-electron chi connectivity index (χ4n) is 5.42. The van der Waals surface area contributed by atoms with Crippen molar-refractivity contribution in [2.24, 2.45) is 0 Å². The maximum atomic E-state index is 12.7. The standard InChI is InChI=1S/C48H80O14P2/c1-3-5-6-7-8-9-10-11-12-13-14-15-16-21-24-27-30-33-36-39-48(52)62-46(43-61-64(56,57)60-41-45(50)40-59-63(53,54)55)42-58-47(51)38-35-32-29-26-23-20-18-17-19-22-25-28-31-34-37-44(49)4-2/h8-9,11-12,14-15,18-22,24,26,28-29,31,44-46,49-50H,3-7,10,13,16-17,23,25,27,30,32-43H2,1-2H3,(H,56,57)(H2,53,54,55)/b9-8-,12-11-,15-14-,20-18-,22-19-,24-21-,29-26-,31-28-/t44-,45-,46+/m0/s1. The monoisotopic (exact) mass is 943 g/mol. The van der Waals surface area contributed by atoms with Crippen LogP contribution < -0.4 is 0 Å². The second-order valence-electron chi connectivity index (χ2n) is 15.1. The van der Waals surface area contributed by atoms with Gasteiger partial charge in [-0.15, -0.1) is 0 Å². The second-order valence-corrected chi connectivity index (χ2v) is 17.8. The fraction of sp³-hybridized carbons (Fsp3) is 0.625. The Bertz CT molecular complexity index is 1510. The van der Waals surface area contributed by atoms with E-state index in [0.717, 1.165) is 83.5 Å². The zero-order valence-electron chi connectivity index (χ0n) is 38.5. The Morgan fingerprint density at radius 1 is 0.484 bits per heavy atom. The molecule has 0 aliphatic heterocycles. The normalized spacial score (nSPS) is 15.3. The third-order valence-electron chi connectivity index (χ3n) is 9.10. The molecule has 0 aliphatic carbocycles. The van der Waals surface area contributed by atoms with Gasteiger partial charge < -0.3 is 34.4 Å². The molecule has 0 bridgehead atoms. The summed E-state index contributed by atoms with van der Waals surface area (Å²) in [5.74, 6) is -1.16. The van der Waals surface area contributed by atoms with Crippen LogP contribution >= 0.6 is 15.6 Å². The summed E-state index contributed by atoms with van der Waals surface area (Å²) in [6.45, 7) is 1.33. The van der Waals surface area contributed by atoms with Crippen LogP contribution in [-0.4, -0.2) is 81.6 Å². The molecule has 0 heterocycles. The lowest BCUT2D eigenvalue weighted by Gasteiger charge is -2.20. The summed E-state index contributed by atoms with van der Waals surface area (Å²) in [5, 5.41) is 19.3. The molecule has 0 amide bonds. The third kappa shape index (κ3) is 45.6. The Balaban J connectivity index is 4.67. The van der Waals surface area contributed by atoms with Gasteiger partial charge in [0.15, 0.2) is 6.10 Å². The molecular formula is C48H80O14P2. The molecular weight excluding hydrogens is 862 g/mol. The maximum absolute atomic E-state index is 12.7. The summed E-state index contributed by atoms with van der Waals surface area (Å²) < 4.78 is 47.7. The van der Waals surface area contributed by atoms with E-state index in [4.69, 9.17) is 23.8 Å². The Morgan fingerprint density at radius 2 is 0.922 bits per heavy atom. The smallest absolute Gasteiger partial charge is 0.462 e. The number of ether oxygens (including phenoxy) is 2. The van der Waals surface area contributed by atoms with Crippen LogP contribution in [0.1, 0.15) is 149 Å². The predicted molar refractivity (Wildman–Crippen MR) is 254 cm³/mol. The number of aliphatic hydroxyl groups is 2. The zero-order chi connectivity index (χ0) is 47.4. The van der Waals surface area contributed by atoms with Gasteiger partial charge in [-0.25, -0.2) is 9.13 Å². The number of allylic oxidation sites excluding steroid dienone is 16. The van der Waals surface area contributed by atoms with E-state index in [1.54, 1.807) is 0 Å². The van der Waals surface area contributed by atoms with Crippen LogP contribution in [0.3, 0.4) is 0 Å². The summed E-state index contributed by atoms with van der Waals surface area (Å²) in [5.41, 5.74) is 0. The van der Waals surface area contributed by atoms with Gasteiger partial charge in [0.1, 0.15) is 12.7 Å². The van der Waals surface area contributed by atoms with Gasteiger partial charge in [0, 0.05) is 12.8 Å². The molecule has 0 aromatic rings. The molecule has 5 N–H and O–H groups in total.